The highest BCUT2D eigenvalue weighted by molar-refractivity contribution is 6.28. The van der Waals surface area contributed by atoms with Crippen molar-refractivity contribution in [3.63, 3.8) is 0 Å². The van der Waals surface area contributed by atoms with Gasteiger partial charge in [0.1, 0.15) is 22.3 Å². The third-order valence-corrected chi connectivity index (χ3v) is 14.3. The van der Waals surface area contributed by atoms with Crippen LogP contribution in [0.25, 0.3) is 126 Å². The van der Waals surface area contributed by atoms with E-state index in [1.807, 2.05) is 24.3 Å². The van der Waals surface area contributed by atoms with Gasteiger partial charge in [-0.3, -0.25) is 0 Å². The van der Waals surface area contributed by atoms with E-state index in [2.05, 4.69) is 216 Å². The van der Waals surface area contributed by atoms with Gasteiger partial charge in [-0.25, -0.2) is 0 Å². The second-order valence-electron chi connectivity index (χ2n) is 18.0. The first-order valence-electron chi connectivity index (χ1n) is 23.2. The Kier molecular flexibility index (Phi) is 7.75. The molecule has 0 unspecified atom stereocenters. The number of aromatic nitrogens is 1. The molecule has 0 aliphatic carbocycles. The second kappa shape index (κ2) is 14.2. The summed E-state index contributed by atoms with van der Waals surface area (Å²) in [4.78, 5) is 2.34. The number of nitrogens with zero attached hydrogens (tertiary/aromatic N) is 2. The Morgan fingerprint density at radius 3 is 1.41 bits per heavy atom. The zero-order valence-corrected chi connectivity index (χ0v) is 36.7. The number of hydrogen-bond donors (Lipinski definition) is 0. The van der Waals surface area contributed by atoms with E-state index in [1.54, 1.807) is 0 Å². The molecule has 0 saturated heterocycles. The normalized spacial score (nSPS) is 12.1. The average molecular weight is 867 g/mol. The predicted molar refractivity (Wildman–Crippen MR) is 284 cm³/mol. The van der Waals surface area contributed by atoms with E-state index in [4.69, 9.17) is 8.83 Å². The maximum absolute atomic E-state index is 6.46. The lowest BCUT2D eigenvalue weighted by Gasteiger charge is -2.26. The van der Waals surface area contributed by atoms with Gasteiger partial charge in [0, 0.05) is 71.3 Å². The first kappa shape index (κ1) is 37.1. The molecular formula is C64H38N2O2. The molecule has 0 N–H and O–H groups in total. The molecule has 4 heteroatoms. The molecule has 0 amide bonds. The van der Waals surface area contributed by atoms with Gasteiger partial charge in [-0.15, -0.1) is 0 Å². The molecule has 11 aromatic carbocycles. The number of benzene rings is 11. The van der Waals surface area contributed by atoms with E-state index >= 15 is 0 Å². The largest absolute Gasteiger partial charge is 0.455 e. The van der Waals surface area contributed by atoms with Crippen molar-refractivity contribution in [1.82, 2.24) is 4.40 Å². The molecule has 15 rings (SSSR count). The lowest BCUT2D eigenvalue weighted by atomic mass is 9.98. The molecule has 0 radical (unpaired) electrons. The van der Waals surface area contributed by atoms with Crippen LogP contribution in [0, 0.1) is 0 Å². The molecule has 0 spiro atoms. The summed E-state index contributed by atoms with van der Waals surface area (Å²) in [6.07, 6.45) is 0. The van der Waals surface area contributed by atoms with Crippen molar-refractivity contribution in [2.45, 2.75) is 0 Å². The smallest absolute Gasteiger partial charge is 0.143 e. The third-order valence-electron chi connectivity index (χ3n) is 14.3. The highest BCUT2D eigenvalue weighted by Gasteiger charge is 2.20. The van der Waals surface area contributed by atoms with Crippen molar-refractivity contribution in [3.05, 3.63) is 231 Å². The van der Waals surface area contributed by atoms with Gasteiger partial charge in [0.25, 0.3) is 0 Å². The average Bonchev–Trinajstić information content (AvgIpc) is 4.09. The van der Waals surface area contributed by atoms with E-state index in [0.717, 1.165) is 88.8 Å². The molecule has 316 valence electrons. The van der Waals surface area contributed by atoms with Crippen molar-refractivity contribution in [1.29, 1.82) is 0 Å². The summed E-state index contributed by atoms with van der Waals surface area (Å²) in [7, 11) is 0. The van der Waals surface area contributed by atoms with Crippen LogP contribution >= 0.6 is 0 Å². The standard InChI is InChI=1S/C64H38N2O2/c1-4-19-57-49(11-1)52-16-7-10-42-28-36-53-56-38-43(29-37-58(56)66(57)62(53)61(42)52)39-22-30-44(31-23-39)65(45-32-24-40(25-33-45)47-14-8-17-54-50-12-2-5-20-59(50)67-63(47)54)46-34-26-41(27-35-46)48-15-9-18-55-51-13-3-6-21-60(51)68-64(48)55/h1-38H. The summed E-state index contributed by atoms with van der Waals surface area (Å²) in [6.45, 7) is 0. The molecule has 0 bridgehead atoms. The lowest BCUT2D eigenvalue weighted by molar-refractivity contribution is 0.669. The van der Waals surface area contributed by atoms with Gasteiger partial charge in [-0.2, -0.15) is 0 Å². The number of furan rings is 2. The number of rotatable bonds is 6. The minimum absolute atomic E-state index is 0.899. The molecule has 0 aliphatic heterocycles. The van der Waals surface area contributed by atoms with Gasteiger partial charge >= 0.3 is 0 Å². The lowest BCUT2D eigenvalue weighted by Crippen LogP contribution is -2.09. The molecule has 0 aliphatic rings. The number of para-hydroxylation sites is 5. The summed E-state index contributed by atoms with van der Waals surface area (Å²) in [5.74, 6) is 0. The molecule has 4 heterocycles. The first-order valence-corrected chi connectivity index (χ1v) is 23.2. The number of hydrogen-bond acceptors (Lipinski definition) is 3. The zero-order chi connectivity index (χ0) is 44.5. The van der Waals surface area contributed by atoms with Gasteiger partial charge in [-0.1, -0.05) is 164 Å². The van der Waals surface area contributed by atoms with Crippen LogP contribution in [0.4, 0.5) is 17.1 Å². The fourth-order valence-corrected chi connectivity index (χ4v) is 11.2. The number of fused-ring (bicyclic) bond motifs is 12. The summed E-state index contributed by atoms with van der Waals surface area (Å²) in [5.41, 5.74) is 17.2. The topological polar surface area (TPSA) is 33.9 Å². The van der Waals surface area contributed by atoms with E-state index in [0.29, 0.717) is 0 Å². The van der Waals surface area contributed by atoms with Crippen LogP contribution in [0.2, 0.25) is 0 Å². The van der Waals surface area contributed by atoms with Gasteiger partial charge < -0.3 is 18.1 Å². The Bertz CT molecular complexity index is 4300. The second-order valence-corrected chi connectivity index (χ2v) is 18.0. The van der Waals surface area contributed by atoms with Crippen LogP contribution in [-0.2, 0) is 0 Å². The Labute approximate surface area is 390 Å². The van der Waals surface area contributed by atoms with Crippen molar-refractivity contribution in [3.8, 4) is 33.4 Å². The third kappa shape index (κ3) is 5.37. The summed E-state index contributed by atoms with van der Waals surface area (Å²) >= 11 is 0. The van der Waals surface area contributed by atoms with E-state index < -0.39 is 0 Å². The van der Waals surface area contributed by atoms with E-state index in [-0.39, 0.29) is 0 Å². The minimum Gasteiger partial charge on any atom is -0.455 e. The molecule has 0 saturated carbocycles. The van der Waals surface area contributed by atoms with Crippen molar-refractivity contribution in [2.75, 3.05) is 4.90 Å². The highest BCUT2D eigenvalue weighted by Crippen LogP contribution is 2.44. The van der Waals surface area contributed by atoms with Crippen LogP contribution in [0.3, 0.4) is 0 Å². The van der Waals surface area contributed by atoms with Crippen LogP contribution in [0.15, 0.2) is 239 Å². The molecule has 68 heavy (non-hydrogen) atoms. The van der Waals surface area contributed by atoms with Gasteiger partial charge in [0.05, 0.1) is 16.6 Å². The Morgan fingerprint density at radius 1 is 0.309 bits per heavy atom. The van der Waals surface area contributed by atoms with E-state index in [9.17, 15) is 0 Å². The Morgan fingerprint density at radius 2 is 0.794 bits per heavy atom. The fraction of sp³-hybridized carbons (Fsp3) is 0. The highest BCUT2D eigenvalue weighted by atomic mass is 16.3. The fourth-order valence-electron chi connectivity index (χ4n) is 11.2. The molecular weight excluding hydrogens is 829 g/mol. The molecule has 4 aromatic heterocycles. The maximum atomic E-state index is 6.46. The minimum atomic E-state index is 0.899. The molecule has 0 atom stereocenters. The summed E-state index contributed by atoms with van der Waals surface area (Å²) in [6, 6.07) is 83.2. The van der Waals surface area contributed by atoms with Gasteiger partial charge in [0.15, 0.2) is 0 Å². The quantitative estimate of drug-likeness (QED) is 0.123. The summed E-state index contributed by atoms with van der Waals surface area (Å²) < 4.78 is 15.4. The van der Waals surface area contributed by atoms with Gasteiger partial charge in [0.2, 0.25) is 0 Å². The molecule has 4 nitrogen and oxygen atoms in total. The van der Waals surface area contributed by atoms with Crippen LogP contribution in [-0.4, -0.2) is 4.40 Å². The first-order chi connectivity index (χ1) is 33.7. The van der Waals surface area contributed by atoms with Crippen molar-refractivity contribution >= 4 is 110 Å². The molecule has 0 fully saturated rings. The summed E-state index contributed by atoms with van der Waals surface area (Å²) in [5, 5.41) is 12.2. The predicted octanol–water partition coefficient (Wildman–Crippen LogP) is 18.3. The van der Waals surface area contributed by atoms with Gasteiger partial charge in [-0.05, 0) is 99.8 Å². The van der Waals surface area contributed by atoms with Crippen LogP contribution in [0.5, 0.6) is 0 Å². The SMILES string of the molecule is c1ccc2c(c1)oc1c(-c3ccc(N(c4ccc(-c5ccc6c(c5)c5ccc7cccc8c9ccccc9n6c5c78)cc4)c4ccc(-c5cccc6c5oc5ccccc56)cc4)cc3)cccc12. The zero-order valence-electron chi connectivity index (χ0n) is 36.7. The van der Waals surface area contributed by atoms with Crippen molar-refractivity contribution < 1.29 is 8.83 Å². The Balaban J connectivity index is 0.843. The molecule has 15 aromatic rings. The van der Waals surface area contributed by atoms with Crippen molar-refractivity contribution in [2.24, 2.45) is 0 Å². The monoisotopic (exact) mass is 866 g/mol. The maximum Gasteiger partial charge on any atom is 0.143 e. The number of anilines is 3. The van der Waals surface area contributed by atoms with Crippen LogP contribution in [0.1, 0.15) is 0 Å². The number of pyridine rings is 1. The Hall–Kier alpha value is -9.12. The van der Waals surface area contributed by atoms with Crippen LogP contribution < -0.4 is 4.90 Å². The van der Waals surface area contributed by atoms with E-state index in [1.165, 1.54) is 54.4 Å².